The quantitative estimate of drug-likeness (QED) is 0.740. The maximum absolute atomic E-state index is 12.0. The second-order valence-corrected chi connectivity index (χ2v) is 7.29. The second kappa shape index (κ2) is 7.53. The molecule has 0 bridgehead atoms. The number of amides is 1. The minimum absolute atomic E-state index is 0.120. The molecule has 9 heteroatoms. The van der Waals surface area contributed by atoms with Gasteiger partial charge in [-0.05, 0) is 12.5 Å². The molecule has 2 aromatic heterocycles. The normalized spacial score (nSPS) is 16.6. The number of ether oxygens (including phenoxy) is 1. The van der Waals surface area contributed by atoms with Crippen molar-refractivity contribution >= 4 is 22.4 Å². The number of hydrogen-bond donors (Lipinski definition) is 1. The summed E-state index contributed by atoms with van der Waals surface area (Å²) in [6.07, 6.45) is 1.17. The van der Waals surface area contributed by atoms with Crippen LogP contribution in [0.3, 0.4) is 0 Å². The molecule has 1 aromatic carbocycles. The topological polar surface area (TPSA) is 83.2 Å². The number of aromatic hydroxyl groups is 1. The van der Waals surface area contributed by atoms with Gasteiger partial charge in [-0.2, -0.15) is 9.61 Å². The van der Waals surface area contributed by atoms with Gasteiger partial charge in [-0.25, -0.2) is 9.78 Å². The highest BCUT2D eigenvalue weighted by molar-refractivity contribution is 7.17. The van der Waals surface area contributed by atoms with Crippen LogP contribution in [-0.4, -0.2) is 68.4 Å². The van der Waals surface area contributed by atoms with Gasteiger partial charge >= 0.3 is 6.09 Å². The van der Waals surface area contributed by atoms with Crippen LogP contribution in [0, 0.1) is 0 Å². The Hall–Kier alpha value is -2.65. The number of aromatic nitrogens is 3. The smallest absolute Gasteiger partial charge is 0.409 e. The van der Waals surface area contributed by atoms with Gasteiger partial charge < -0.3 is 14.7 Å². The number of piperazine rings is 1. The molecule has 142 valence electrons. The van der Waals surface area contributed by atoms with Crippen LogP contribution in [0.1, 0.15) is 23.4 Å². The number of fused-ring (bicyclic) bond motifs is 1. The lowest BCUT2D eigenvalue weighted by molar-refractivity contribution is 0.0715. The summed E-state index contributed by atoms with van der Waals surface area (Å²) >= 11 is 1.43. The molecule has 1 aliphatic rings. The van der Waals surface area contributed by atoms with E-state index in [9.17, 15) is 9.90 Å². The Kier molecular flexibility index (Phi) is 4.95. The van der Waals surface area contributed by atoms with E-state index in [0.29, 0.717) is 37.7 Å². The standard InChI is InChI=1S/C18H21N5O3S/c1-2-26-18(25)22-10-8-21(9-11-22)14(13-6-4-3-5-7-13)15-16(24)23-17(27-15)19-12-20-23/h3-7,12,14,24H,2,8-11H2,1H3/t14-/m0/s1. The van der Waals surface area contributed by atoms with Crippen LogP contribution < -0.4 is 0 Å². The third kappa shape index (κ3) is 3.35. The van der Waals surface area contributed by atoms with Gasteiger partial charge in [-0.15, -0.1) is 0 Å². The first-order chi connectivity index (χ1) is 13.2. The summed E-state index contributed by atoms with van der Waals surface area (Å²) in [6.45, 7) is 4.73. The zero-order chi connectivity index (χ0) is 18.8. The fraction of sp³-hybridized carbons (Fsp3) is 0.389. The number of carbonyl (C=O) groups excluding carboxylic acids is 1. The third-order valence-corrected chi connectivity index (χ3v) is 5.79. The lowest BCUT2D eigenvalue weighted by Crippen LogP contribution is -2.49. The highest BCUT2D eigenvalue weighted by Gasteiger charge is 2.32. The highest BCUT2D eigenvalue weighted by Crippen LogP contribution is 2.39. The Morgan fingerprint density at radius 1 is 1.26 bits per heavy atom. The van der Waals surface area contributed by atoms with Crippen molar-refractivity contribution in [3.8, 4) is 5.88 Å². The maximum Gasteiger partial charge on any atom is 0.409 e. The van der Waals surface area contributed by atoms with Gasteiger partial charge in [0.25, 0.3) is 0 Å². The van der Waals surface area contributed by atoms with Gasteiger partial charge in [-0.3, -0.25) is 4.90 Å². The molecule has 0 saturated carbocycles. The van der Waals surface area contributed by atoms with Gasteiger partial charge in [-0.1, -0.05) is 41.7 Å². The zero-order valence-corrected chi connectivity index (χ0v) is 15.8. The molecule has 0 spiro atoms. The van der Waals surface area contributed by atoms with E-state index in [1.807, 2.05) is 25.1 Å². The van der Waals surface area contributed by atoms with E-state index in [-0.39, 0.29) is 18.0 Å². The van der Waals surface area contributed by atoms with Gasteiger partial charge in [0, 0.05) is 26.2 Å². The zero-order valence-electron chi connectivity index (χ0n) is 15.0. The fourth-order valence-corrected chi connectivity index (χ4v) is 4.50. The molecule has 4 rings (SSSR count). The van der Waals surface area contributed by atoms with Crippen LogP contribution in [0.15, 0.2) is 36.7 Å². The molecule has 1 atom stereocenters. The van der Waals surface area contributed by atoms with E-state index in [1.54, 1.807) is 4.90 Å². The van der Waals surface area contributed by atoms with Crippen molar-refractivity contribution in [2.24, 2.45) is 0 Å². The number of thiazole rings is 1. The van der Waals surface area contributed by atoms with Crippen molar-refractivity contribution in [1.29, 1.82) is 0 Å². The lowest BCUT2D eigenvalue weighted by atomic mass is 10.0. The summed E-state index contributed by atoms with van der Waals surface area (Å²) in [5, 5.41) is 14.8. The maximum atomic E-state index is 12.0. The number of nitrogens with zero attached hydrogens (tertiary/aromatic N) is 5. The third-order valence-electron chi connectivity index (χ3n) is 4.71. The Bertz CT molecular complexity index is 918. The average Bonchev–Trinajstić information content (AvgIpc) is 3.27. The Balaban J connectivity index is 1.63. The van der Waals surface area contributed by atoms with Gasteiger partial charge in [0.15, 0.2) is 0 Å². The Morgan fingerprint density at radius 3 is 2.67 bits per heavy atom. The number of carbonyl (C=O) groups is 1. The molecule has 1 fully saturated rings. The van der Waals surface area contributed by atoms with Crippen LogP contribution in [0.5, 0.6) is 5.88 Å². The predicted molar refractivity (Wildman–Crippen MR) is 101 cm³/mol. The number of benzene rings is 1. The van der Waals surface area contributed by atoms with Gasteiger partial charge in [0.1, 0.15) is 6.33 Å². The monoisotopic (exact) mass is 387 g/mol. The molecule has 0 aliphatic carbocycles. The first-order valence-electron chi connectivity index (χ1n) is 8.91. The van der Waals surface area contributed by atoms with Crippen LogP contribution in [0.25, 0.3) is 4.96 Å². The first-order valence-corrected chi connectivity index (χ1v) is 9.72. The number of hydrogen-bond acceptors (Lipinski definition) is 7. The number of rotatable bonds is 4. The van der Waals surface area contributed by atoms with Crippen molar-refractivity contribution in [3.05, 3.63) is 47.1 Å². The van der Waals surface area contributed by atoms with Crippen LogP contribution in [-0.2, 0) is 4.74 Å². The largest absolute Gasteiger partial charge is 0.492 e. The highest BCUT2D eigenvalue weighted by atomic mass is 32.1. The molecule has 3 aromatic rings. The van der Waals surface area contributed by atoms with Gasteiger partial charge in [0.05, 0.1) is 17.5 Å². The van der Waals surface area contributed by atoms with E-state index < -0.39 is 0 Å². The summed E-state index contributed by atoms with van der Waals surface area (Å²) in [5.74, 6) is 0.120. The molecular formula is C18H21N5O3S. The van der Waals surface area contributed by atoms with Crippen molar-refractivity contribution in [2.45, 2.75) is 13.0 Å². The van der Waals surface area contributed by atoms with E-state index in [0.717, 1.165) is 10.4 Å². The minimum atomic E-state index is -0.268. The van der Waals surface area contributed by atoms with Crippen LogP contribution >= 0.6 is 11.3 Å². The summed E-state index contributed by atoms with van der Waals surface area (Å²) in [4.78, 5) is 21.6. The molecular weight excluding hydrogens is 366 g/mol. The summed E-state index contributed by atoms with van der Waals surface area (Å²) in [7, 11) is 0. The van der Waals surface area contributed by atoms with E-state index in [2.05, 4.69) is 27.1 Å². The van der Waals surface area contributed by atoms with Crippen molar-refractivity contribution in [3.63, 3.8) is 0 Å². The molecule has 27 heavy (non-hydrogen) atoms. The van der Waals surface area contributed by atoms with E-state index in [4.69, 9.17) is 4.74 Å². The molecule has 1 N–H and O–H groups in total. The molecule has 8 nitrogen and oxygen atoms in total. The van der Waals surface area contributed by atoms with Gasteiger partial charge in [0.2, 0.25) is 10.8 Å². The molecule has 3 heterocycles. The predicted octanol–water partition coefficient (Wildman–Crippen LogP) is 2.36. The van der Waals surface area contributed by atoms with Crippen LogP contribution in [0.2, 0.25) is 0 Å². The summed E-state index contributed by atoms with van der Waals surface area (Å²) in [5.41, 5.74) is 1.09. The minimum Gasteiger partial charge on any atom is -0.492 e. The fourth-order valence-electron chi connectivity index (χ4n) is 3.41. The molecule has 1 aliphatic heterocycles. The first kappa shape index (κ1) is 17.7. The molecule has 1 amide bonds. The van der Waals surface area contributed by atoms with E-state index in [1.165, 1.54) is 22.2 Å². The summed E-state index contributed by atoms with van der Waals surface area (Å²) < 4.78 is 6.57. The SMILES string of the molecule is CCOC(=O)N1CCN([C@@H](c2ccccc2)c2sc3ncnn3c2O)CC1. The molecule has 1 saturated heterocycles. The van der Waals surface area contributed by atoms with Crippen molar-refractivity contribution in [1.82, 2.24) is 24.4 Å². The van der Waals surface area contributed by atoms with Crippen LogP contribution in [0.4, 0.5) is 4.79 Å². The lowest BCUT2D eigenvalue weighted by Gasteiger charge is -2.38. The van der Waals surface area contributed by atoms with E-state index >= 15 is 0 Å². The second-order valence-electron chi connectivity index (χ2n) is 6.28. The van der Waals surface area contributed by atoms with Crippen molar-refractivity contribution < 1.29 is 14.6 Å². The molecule has 0 unspecified atom stereocenters. The molecule has 0 radical (unpaired) electrons. The Morgan fingerprint density at radius 2 is 2.00 bits per heavy atom. The Labute approximate surface area is 160 Å². The summed E-state index contributed by atoms with van der Waals surface area (Å²) in [6, 6.07) is 9.94. The van der Waals surface area contributed by atoms with Crippen molar-refractivity contribution in [2.75, 3.05) is 32.8 Å². The average molecular weight is 387 g/mol.